The van der Waals surface area contributed by atoms with Crippen molar-refractivity contribution in [2.75, 3.05) is 42.6 Å². The maximum atomic E-state index is 13.4. The number of anilines is 3. The van der Waals surface area contributed by atoms with Crippen LogP contribution >= 0.6 is 11.3 Å². The molecule has 4 N–H and O–H groups in total. The van der Waals surface area contributed by atoms with E-state index in [1.165, 1.54) is 42.8 Å². The molecule has 1 amide bonds. The van der Waals surface area contributed by atoms with Crippen molar-refractivity contribution >= 4 is 56.4 Å². The number of rotatable bonds is 12. The van der Waals surface area contributed by atoms with Gasteiger partial charge in [0.1, 0.15) is 16.4 Å². The number of ether oxygens (including phenoxy) is 2. The molecule has 3 heterocycles. The molecule has 1 unspecified atom stereocenters. The molecule has 1 fully saturated rings. The van der Waals surface area contributed by atoms with Gasteiger partial charge in [-0.3, -0.25) is 14.4 Å². The lowest BCUT2D eigenvalue weighted by Gasteiger charge is -2.34. The lowest BCUT2D eigenvalue weighted by atomic mass is 10.0. The summed E-state index contributed by atoms with van der Waals surface area (Å²) < 4.78 is 40.1. The number of benzene rings is 2. The largest absolute Gasteiger partial charge is 0.480 e. The lowest BCUT2D eigenvalue weighted by Crippen LogP contribution is -2.44. The molecule has 252 valence electrons. The van der Waals surface area contributed by atoms with Crippen LogP contribution in [0.3, 0.4) is 0 Å². The van der Waals surface area contributed by atoms with Crippen molar-refractivity contribution in [1.29, 1.82) is 0 Å². The third kappa shape index (κ3) is 7.82. The first-order chi connectivity index (χ1) is 22.9. The van der Waals surface area contributed by atoms with E-state index in [-0.39, 0.29) is 39.9 Å². The maximum absolute atomic E-state index is 13.4. The zero-order valence-electron chi connectivity index (χ0n) is 26.8. The summed E-state index contributed by atoms with van der Waals surface area (Å²) in [7, 11) is -1.14. The molecule has 13 nitrogen and oxygen atoms in total. The van der Waals surface area contributed by atoms with Crippen LogP contribution in [0.4, 0.5) is 17.1 Å². The van der Waals surface area contributed by atoms with Gasteiger partial charge < -0.3 is 25.2 Å². The summed E-state index contributed by atoms with van der Waals surface area (Å²) in [5.74, 6) is -1.65. The standard InChI is InChI=1S/C33H36N6O7S2/c1-6-25-26(34-4)11-22(12-27(25)37-31(40)29-18-47-30(36-29)17-39-15-19(2)46-20(3)16-39)23-13-28(32(45-5)35-14-23)38-48(43,44)24-9-7-8-21(10-24)33(41)42/h6-14,18-20,34,38H,1,15-17H2,2-5H3,(H,37,40)(H,41,42)/t19-,20?/m1/s1. The molecule has 0 aliphatic carbocycles. The van der Waals surface area contributed by atoms with Crippen molar-refractivity contribution in [3.05, 3.63) is 82.4 Å². The highest BCUT2D eigenvalue weighted by molar-refractivity contribution is 7.92. The molecule has 1 saturated heterocycles. The van der Waals surface area contributed by atoms with Gasteiger partial charge in [0.05, 0.1) is 42.0 Å². The number of carbonyl (C=O) groups excluding carboxylic acids is 1. The predicted molar refractivity (Wildman–Crippen MR) is 185 cm³/mol. The Morgan fingerprint density at radius 3 is 2.50 bits per heavy atom. The van der Waals surface area contributed by atoms with Gasteiger partial charge in [-0.15, -0.1) is 11.3 Å². The molecule has 48 heavy (non-hydrogen) atoms. The van der Waals surface area contributed by atoms with E-state index < -0.39 is 21.9 Å². The van der Waals surface area contributed by atoms with Gasteiger partial charge in [0.25, 0.3) is 15.9 Å². The number of pyridine rings is 1. The normalized spacial score (nSPS) is 16.6. The number of methoxy groups -OCH3 is 1. The number of morpholine rings is 1. The predicted octanol–water partition coefficient (Wildman–Crippen LogP) is 5.26. The van der Waals surface area contributed by atoms with E-state index in [9.17, 15) is 23.1 Å². The number of carboxylic acid groups (broad SMARTS) is 1. The number of carboxylic acids is 1. The molecule has 4 aromatic rings. The maximum Gasteiger partial charge on any atom is 0.335 e. The summed E-state index contributed by atoms with van der Waals surface area (Å²) >= 11 is 1.42. The van der Waals surface area contributed by atoms with Gasteiger partial charge in [0.2, 0.25) is 5.88 Å². The third-order valence-corrected chi connectivity index (χ3v) is 9.75. The summed E-state index contributed by atoms with van der Waals surface area (Å²) in [5, 5.41) is 18.0. The van der Waals surface area contributed by atoms with Crippen LogP contribution in [0.1, 0.15) is 45.3 Å². The zero-order chi connectivity index (χ0) is 34.6. The number of hydrogen-bond donors (Lipinski definition) is 4. The average Bonchev–Trinajstić information content (AvgIpc) is 3.52. The van der Waals surface area contributed by atoms with Gasteiger partial charge in [-0.2, -0.15) is 0 Å². The molecule has 2 aromatic carbocycles. The second kappa shape index (κ2) is 14.5. The van der Waals surface area contributed by atoms with Crippen molar-refractivity contribution in [2.24, 2.45) is 0 Å². The minimum atomic E-state index is -4.22. The third-order valence-electron chi connectivity index (χ3n) is 7.55. The molecule has 15 heteroatoms. The number of carbonyl (C=O) groups is 2. The van der Waals surface area contributed by atoms with E-state index >= 15 is 0 Å². The number of amides is 1. The van der Waals surface area contributed by atoms with Crippen molar-refractivity contribution in [3.63, 3.8) is 0 Å². The van der Waals surface area contributed by atoms with Gasteiger partial charge in [0.15, 0.2) is 0 Å². The highest BCUT2D eigenvalue weighted by atomic mass is 32.2. The molecule has 1 aliphatic rings. The van der Waals surface area contributed by atoms with Gasteiger partial charge in [-0.05, 0) is 55.8 Å². The molecule has 0 spiro atoms. The van der Waals surface area contributed by atoms with E-state index in [1.807, 2.05) is 19.9 Å². The summed E-state index contributed by atoms with van der Waals surface area (Å²) in [6.07, 6.45) is 3.37. The molecule has 5 rings (SSSR count). The molecule has 1 aliphatic heterocycles. The van der Waals surface area contributed by atoms with E-state index in [0.717, 1.165) is 24.2 Å². The Bertz CT molecular complexity index is 1950. The molecule has 0 bridgehead atoms. The first-order valence-electron chi connectivity index (χ1n) is 14.9. The molecular formula is C33H36N6O7S2. The Morgan fingerprint density at radius 2 is 1.83 bits per heavy atom. The molecule has 2 aromatic heterocycles. The topological polar surface area (TPSA) is 172 Å². The monoisotopic (exact) mass is 692 g/mol. The van der Waals surface area contributed by atoms with Crippen LogP contribution in [0.5, 0.6) is 5.88 Å². The van der Waals surface area contributed by atoms with Crippen molar-refractivity contribution < 1.29 is 32.6 Å². The van der Waals surface area contributed by atoms with Crippen LogP contribution in [0.2, 0.25) is 0 Å². The van der Waals surface area contributed by atoms with Crippen molar-refractivity contribution in [1.82, 2.24) is 14.9 Å². The van der Waals surface area contributed by atoms with Crippen LogP contribution in [0.25, 0.3) is 17.2 Å². The van der Waals surface area contributed by atoms with Crippen LogP contribution in [0.15, 0.2) is 65.5 Å². The number of aromatic nitrogens is 2. The van der Waals surface area contributed by atoms with Crippen LogP contribution < -0.4 is 20.1 Å². The quantitative estimate of drug-likeness (QED) is 0.153. The van der Waals surface area contributed by atoms with Gasteiger partial charge >= 0.3 is 5.97 Å². The van der Waals surface area contributed by atoms with Crippen molar-refractivity contribution in [3.8, 4) is 17.0 Å². The first kappa shape index (κ1) is 34.5. The van der Waals surface area contributed by atoms with Gasteiger partial charge in [-0.1, -0.05) is 18.7 Å². The van der Waals surface area contributed by atoms with Crippen LogP contribution in [0, 0.1) is 0 Å². The zero-order valence-corrected chi connectivity index (χ0v) is 28.4. The Morgan fingerprint density at radius 1 is 1.12 bits per heavy atom. The van der Waals surface area contributed by atoms with E-state index in [1.54, 1.807) is 30.6 Å². The Kier molecular flexibility index (Phi) is 10.4. The fraction of sp³-hybridized carbons (Fsp3) is 0.273. The second-order valence-electron chi connectivity index (χ2n) is 11.2. The summed E-state index contributed by atoms with van der Waals surface area (Å²) in [6.45, 7) is 10.2. The number of thiazole rings is 1. The number of aromatic carboxylic acids is 1. The minimum absolute atomic E-state index is 0.00197. The summed E-state index contributed by atoms with van der Waals surface area (Å²) in [4.78, 5) is 35.8. The first-order valence-corrected chi connectivity index (χ1v) is 17.3. The number of sulfonamides is 1. The Labute approximate surface area is 282 Å². The summed E-state index contributed by atoms with van der Waals surface area (Å²) in [5.41, 5.74) is 2.97. The molecule has 0 saturated carbocycles. The van der Waals surface area contributed by atoms with E-state index in [4.69, 9.17) is 9.47 Å². The highest BCUT2D eigenvalue weighted by Crippen LogP contribution is 2.36. The number of nitrogens with zero attached hydrogens (tertiary/aromatic N) is 3. The second-order valence-corrected chi connectivity index (χ2v) is 13.8. The highest BCUT2D eigenvalue weighted by Gasteiger charge is 2.24. The summed E-state index contributed by atoms with van der Waals surface area (Å²) in [6, 6.07) is 10.1. The van der Waals surface area contributed by atoms with Gasteiger partial charge in [0, 0.05) is 48.5 Å². The molecule has 2 atom stereocenters. The fourth-order valence-electron chi connectivity index (χ4n) is 5.47. The average molecular weight is 693 g/mol. The van der Waals surface area contributed by atoms with E-state index in [2.05, 4.69) is 36.8 Å². The van der Waals surface area contributed by atoms with Gasteiger partial charge in [-0.25, -0.2) is 23.2 Å². The smallest absolute Gasteiger partial charge is 0.335 e. The SMILES string of the molecule is C=Cc1c(NC)cc(-c2cnc(OC)c(NS(=O)(=O)c3cccc(C(=O)O)c3)c2)cc1NC(=O)c1csc(CN2CC(C)O[C@H](C)C2)n1. The fourth-order valence-corrected chi connectivity index (χ4v) is 7.38. The molecule has 0 radical (unpaired) electrons. The van der Waals surface area contributed by atoms with Crippen molar-refractivity contribution in [2.45, 2.75) is 37.5 Å². The Balaban J connectivity index is 1.43. The van der Waals surface area contributed by atoms with Crippen LogP contribution in [-0.2, 0) is 21.3 Å². The molecular weight excluding hydrogens is 657 g/mol. The Hall–Kier alpha value is -4.83. The minimum Gasteiger partial charge on any atom is -0.480 e. The number of nitrogens with one attached hydrogen (secondary N) is 3. The lowest BCUT2D eigenvalue weighted by molar-refractivity contribution is -0.0705. The van der Waals surface area contributed by atoms with Crippen LogP contribution in [-0.4, -0.2) is 79.7 Å². The van der Waals surface area contributed by atoms with E-state index in [0.29, 0.717) is 34.6 Å². The number of hydrogen-bond acceptors (Lipinski definition) is 11.